The van der Waals surface area contributed by atoms with Gasteiger partial charge in [0.1, 0.15) is 12.4 Å². The van der Waals surface area contributed by atoms with Gasteiger partial charge in [0.2, 0.25) is 0 Å². The molecule has 0 bridgehead atoms. The Balaban J connectivity index is 2.04. The Morgan fingerprint density at radius 1 is 1.04 bits per heavy atom. The largest absolute Gasteiger partial charge is 0.490 e. The van der Waals surface area contributed by atoms with Crippen molar-refractivity contribution in [1.29, 1.82) is 0 Å². The zero-order valence-electron chi connectivity index (χ0n) is 15.4. The van der Waals surface area contributed by atoms with Crippen molar-refractivity contribution in [3.63, 3.8) is 0 Å². The van der Waals surface area contributed by atoms with Gasteiger partial charge in [-0.2, -0.15) is 0 Å². The molecule has 0 saturated heterocycles. The molecule has 0 spiro atoms. The highest BCUT2D eigenvalue weighted by molar-refractivity contribution is 9.10. The molecule has 0 aliphatic heterocycles. The Hall–Kier alpha value is -2.38. The summed E-state index contributed by atoms with van der Waals surface area (Å²) in [6.07, 6.45) is 0.863. The molecule has 144 valence electrons. The zero-order valence-corrected chi connectivity index (χ0v) is 17.0. The molecule has 0 fully saturated rings. The van der Waals surface area contributed by atoms with E-state index < -0.39 is 0 Å². The molecule has 0 aliphatic rings. The summed E-state index contributed by atoms with van der Waals surface area (Å²) in [5.74, 6) is 0.205. The fraction of sp³-hybridized carbons (Fsp3) is 0.300. The maximum Gasteiger partial charge on any atom is 0.255 e. The van der Waals surface area contributed by atoms with Gasteiger partial charge < -0.3 is 20.1 Å². The van der Waals surface area contributed by atoms with Crippen molar-refractivity contribution < 1.29 is 19.1 Å². The van der Waals surface area contributed by atoms with E-state index in [4.69, 9.17) is 9.47 Å². The summed E-state index contributed by atoms with van der Waals surface area (Å²) in [6.45, 7) is 3.51. The number of hydrogen-bond donors (Lipinski definition) is 2. The lowest BCUT2D eigenvalue weighted by Crippen LogP contribution is -2.24. The van der Waals surface area contributed by atoms with E-state index in [-0.39, 0.29) is 11.8 Å². The predicted octanol–water partition coefficient (Wildman–Crippen LogP) is 3.87. The van der Waals surface area contributed by atoms with Gasteiger partial charge in [0, 0.05) is 30.5 Å². The summed E-state index contributed by atoms with van der Waals surface area (Å²) in [5.41, 5.74) is 1.53. The summed E-state index contributed by atoms with van der Waals surface area (Å²) in [6, 6.07) is 11.9. The zero-order chi connectivity index (χ0) is 19.6. The van der Waals surface area contributed by atoms with Crippen molar-refractivity contribution in [1.82, 2.24) is 5.32 Å². The molecule has 2 amide bonds. The maximum absolute atomic E-state index is 12.5. The van der Waals surface area contributed by atoms with Crippen LogP contribution in [-0.4, -0.2) is 38.7 Å². The fourth-order valence-electron chi connectivity index (χ4n) is 2.28. The van der Waals surface area contributed by atoms with Crippen LogP contribution in [0.3, 0.4) is 0 Å². The van der Waals surface area contributed by atoms with Crippen molar-refractivity contribution in [3.8, 4) is 5.75 Å². The quantitative estimate of drug-likeness (QED) is 0.587. The molecule has 0 radical (unpaired) electrons. The topological polar surface area (TPSA) is 76.7 Å². The standard InChI is InChI=1S/C20H23BrN2O4/c1-3-9-22-19(24)14-5-4-6-16(12-14)23-20(25)15-7-8-18(17(21)13-15)27-11-10-26-2/h4-8,12-13H,3,9-11H2,1-2H3,(H,22,24)(H,23,25). The molecule has 0 heterocycles. The van der Waals surface area contributed by atoms with E-state index in [9.17, 15) is 9.59 Å². The smallest absolute Gasteiger partial charge is 0.255 e. The highest BCUT2D eigenvalue weighted by atomic mass is 79.9. The summed E-state index contributed by atoms with van der Waals surface area (Å²) >= 11 is 3.41. The number of carbonyl (C=O) groups excluding carboxylic acids is 2. The van der Waals surface area contributed by atoms with Crippen LogP contribution < -0.4 is 15.4 Å². The second-order valence-corrected chi connectivity index (χ2v) is 6.63. The summed E-state index contributed by atoms with van der Waals surface area (Å²) in [5, 5.41) is 5.62. The number of carbonyl (C=O) groups is 2. The Kier molecular flexibility index (Phi) is 8.29. The van der Waals surface area contributed by atoms with Crippen molar-refractivity contribution >= 4 is 33.4 Å². The van der Waals surface area contributed by atoms with Gasteiger partial charge in [0.25, 0.3) is 11.8 Å². The molecule has 0 saturated carbocycles. The maximum atomic E-state index is 12.5. The van der Waals surface area contributed by atoms with Crippen LogP contribution in [0.15, 0.2) is 46.9 Å². The third-order valence-electron chi connectivity index (χ3n) is 3.66. The van der Waals surface area contributed by atoms with Crippen molar-refractivity contribution in [2.24, 2.45) is 0 Å². The minimum Gasteiger partial charge on any atom is -0.490 e. The predicted molar refractivity (Wildman–Crippen MR) is 109 cm³/mol. The van der Waals surface area contributed by atoms with Crippen LogP contribution in [0.2, 0.25) is 0 Å². The second-order valence-electron chi connectivity index (χ2n) is 5.78. The number of halogens is 1. The van der Waals surface area contributed by atoms with Crippen LogP contribution in [0.1, 0.15) is 34.1 Å². The van der Waals surface area contributed by atoms with E-state index in [1.807, 2.05) is 6.92 Å². The lowest BCUT2D eigenvalue weighted by Gasteiger charge is -2.11. The van der Waals surface area contributed by atoms with Gasteiger partial charge in [-0.05, 0) is 58.7 Å². The van der Waals surface area contributed by atoms with Gasteiger partial charge in [0.05, 0.1) is 11.1 Å². The normalized spacial score (nSPS) is 10.3. The number of hydrogen-bond acceptors (Lipinski definition) is 4. The van der Waals surface area contributed by atoms with E-state index in [2.05, 4.69) is 26.6 Å². The van der Waals surface area contributed by atoms with E-state index in [1.165, 1.54) is 0 Å². The Morgan fingerprint density at radius 2 is 1.81 bits per heavy atom. The Labute approximate surface area is 167 Å². The lowest BCUT2D eigenvalue weighted by molar-refractivity contribution is 0.0952. The van der Waals surface area contributed by atoms with Crippen LogP contribution in [0.5, 0.6) is 5.75 Å². The van der Waals surface area contributed by atoms with Gasteiger partial charge in [0.15, 0.2) is 0 Å². The van der Waals surface area contributed by atoms with Crippen LogP contribution in [-0.2, 0) is 4.74 Å². The number of anilines is 1. The highest BCUT2D eigenvalue weighted by Crippen LogP contribution is 2.26. The van der Waals surface area contributed by atoms with Crippen molar-refractivity contribution in [3.05, 3.63) is 58.1 Å². The van der Waals surface area contributed by atoms with Crippen LogP contribution >= 0.6 is 15.9 Å². The summed E-state index contributed by atoms with van der Waals surface area (Å²) < 4.78 is 11.2. The van der Waals surface area contributed by atoms with Gasteiger partial charge in [-0.1, -0.05) is 13.0 Å². The average molecular weight is 435 g/mol. The molecule has 2 rings (SSSR count). The number of amides is 2. The third kappa shape index (κ3) is 6.37. The van der Waals surface area contributed by atoms with Gasteiger partial charge >= 0.3 is 0 Å². The van der Waals surface area contributed by atoms with E-state index in [0.717, 1.165) is 6.42 Å². The average Bonchev–Trinajstić information content (AvgIpc) is 2.67. The van der Waals surface area contributed by atoms with Crippen LogP contribution in [0.25, 0.3) is 0 Å². The molecule has 0 aromatic heterocycles. The molecular weight excluding hydrogens is 412 g/mol. The first-order valence-corrected chi connectivity index (χ1v) is 9.45. The molecule has 0 aliphatic carbocycles. The van der Waals surface area contributed by atoms with Gasteiger partial charge in [-0.25, -0.2) is 0 Å². The fourth-order valence-corrected chi connectivity index (χ4v) is 2.77. The van der Waals surface area contributed by atoms with Crippen molar-refractivity contribution in [2.45, 2.75) is 13.3 Å². The van der Waals surface area contributed by atoms with E-state index in [1.54, 1.807) is 49.6 Å². The molecule has 0 unspecified atom stereocenters. The Morgan fingerprint density at radius 3 is 2.52 bits per heavy atom. The minimum atomic E-state index is -0.273. The van der Waals surface area contributed by atoms with E-state index >= 15 is 0 Å². The second kappa shape index (κ2) is 10.7. The van der Waals surface area contributed by atoms with Gasteiger partial charge in [-0.3, -0.25) is 9.59 Å². The lowest BCUT2D eigenvalue weighted by atomic mass is 10.1. The van der Waals surface area contributed by atoms with E-state index in [0.29, 0.717) is 46.8 Å². The first-order chi connectivity index (χ1) is 13.0. The first kappa shape index (κ1) is 20.9. The Bertz CT molecular complexity index is 795. The summed E-state index contributed by atoms with van der Waals surface area (Å²) in [7, 11) is 1.61. The molecule has 6 nitrogen and oxygen atoms in total. The summed E-state index contributed by atoms with van der Waals surface area (Å²) in [4.78, 5) is 24.5. The molecule has 2 aromatic carbocycles. The minimum absolute atomic E-state index is 0.159. The van der Waals surface area contributed by atoms with Gasteiger partial charge in [-0.15, -0.1) is 0 Å². The number of benzene rings is 2. The molecule has 2 aromatic rings. The molecule has 0 atom stereocenters. The molecule has 27 heavy (non-hydrogen) atoms. The molecule has 2 N–H and O–H groups in total. The number of ether oxygens (including phenoxy) is 2. The number of nitrogens with one attached hydrogen (secondary N) is 2. The van der Waals surface area contributed by atoms with Crippen LogP contribution in [0.4, 0.5) is 5.69 Å². The SMILES string of the molecule is CCCNC(=O)c1cccc(NC(=O)c2ccc(OCCOC)c(Br)c2)c1. The molecular formula is C20H23BrN2O4. The third-order valence-corrected chi connectivity index (χ3v) is 4.28. The monoisotopic (exact) mass is 434 g/mol. The number of methoxy groups -OCH3 is 1. The number of rotatable bonds is 9. The van der Waals surface area contributed by atoms with Crippen molar-refractivity contribution in [2.75, 3.05) is 32.2 Å². The highest BCUT2D eigenvalue weighted by Gasteiger charge is 2.11. The van der Waals surface area contributed by atoms with Crippen LogP contribution in [0, 0.1) is 0 Å². The molecule has 7 heteroatoms. The first-order valence-electron chi connectivity index (χ1n) is 8.66.